The third-order valence-corrected chi connectivity index (χ3v) is 8.38. The highest BCUT2D eigenvalue weighted by molar-refractivity contribution is 5.96. The van der Waals surface area contributed by atoms with Gasteiger partial charge in [-0.15, -0.1) is 0 Å². The van der Waals surface area contributed by atoms with Crippen molar-refractivity contribution in [3.8, 4) is 0 Å². The maximum absolute atomic E-state index is 15.2. The van der Waals surface area contributed by atoms with Gasteiger partial charge >= 0.3 is 5.97 Å². The predicted octanol–water partition coefficient (Wildman–Crippen LogP) is 7.02. The van der Waals surface area contributed by atoms with Crippen molar-refractivity contribution < 1.29 is 37.0 Å². The second kappa shape index (κ2) is 12.6. The van der Waals surface area contributed by atoms with Crippen molar-refractivity contribution in [2.45, 2.75) is 56.7 Å². The molecule has 11 heteroatoms. The summed E-state index contributed by atoms with van der Waals surface area (Å²) in [5.74, 6) is -6.13. The molecule has 1 aliphatic carbocycles. The largest absolute Gasteiger partial charge is 0.481 e. The Balaban J connectivity index is 1.58. The molecule has 228 valence electrons. The Morgan fingerprint density at radius 3 is 2.12 bits per heavy atom. The van der Waals surface area contributed by atoms with E-state index in [-0.39, 0.29) is 35.8 Å². The zero-order valence-corrected chi connectivity index (χ0v) is 23.6. The highest BCUT2D eigenvalue weighted by atomic mass is 19.2. The van der Waals surface area contributed by atoms with Crippen molar-refractivity contribution >= 4 is 28.9 Å². The average molecular weight is 600 g/mol. The second-order valence-corrected chi connectivity index (χ2v) is 11.2. The zero-order chi connectivity index (χ0) is 30.7. The highest BCUT2D eigenvalue weighted by Gasteiger charge is 2.56. The number of methoxy groups -OCH3 is 1. The van der Waals surface area contributed by atoms with Crippen LogP contribution in [-0.2, 0) is 20.7 Å². The maximum Gasteiger partial charge on any atom is 0.303 e. The van der Waals surface area contributed by atoms with Crippen LogP contribution in [0.15, 0.2) is 54.6 Å². The third kappa shape index (κ3) is 6.31. The highest BCUT2D eigenvalue weighted by Crippen LogP contribution is 2.50. The van der Waals surface area contributed by atoms with Crippen molar-refractivity contribution in [2.24, 2.45) is 11.8 Å². The van der Waals surface area contributed by atoms with E-state index in [4.69, 9.17) is 9.84 Å². The summed E-state index contributed by atoms with van der Waals surface area (Å²) in [6.07, 6.45) is 3.00. The molecule has 3 aromatic carbocycles. The number of aryl methyl sites for hydroxylation is 1. The molecule has 1 heterocycles. The molecular weight excluding hydrogens is 566 g/mol. The van der Waals surface area contributed by atoms with E-state index in [0.29, 0.717) is 24.0 Å². The fraction of sp³-hybridized carbons (Fsp3) is 0.375. The van der Waals surface area contributed by atoms with Crippen LogP contribution in [0.4, 0.5) is 34.6 Å². The number of carbonyl (C=O) groups is 2. The number of fused-ring (bicyclic) bond motifs is 1. The molecule has 1 fully saturated rings. The summed E-state index contributed by atoms with van der Waals surface area (Å²) in [5, 5.41) is 18.2. The molecule has 0 radical (unpaired) electrons. The first-order chi connectivity index (χ1) is 20.6. The van der Waals surface area contributed by atoms with Gasteiger partial charge in [0.15, 0.2) is 17.3 Å². The zero-order valence-electron chi connectivity index (χ0n) is 23.6. The molecule has 0 aromatic heterocycles. The van der Waals surface area contributed by atoms with Crippen molar-refractivity contribution in [1.82, 2.24) is 0 Å². The lowest BCUT2D eigenvalue weighted by Crippen LogP contribution is -2.60. The molecule has 3 aromatic rings. The Bertz CT molecular complexity index is 1460. The number of carboxylic acid groups (broad SMARTS) is 1. The second-order valence-electron chi connectivity index (χ2n) is 11.2. The van der Waals surface area contributed by atoms with Crippen LogP contribution in [-0.4, -0.2) is 29.8 Å². The molecule has 0 saturated heterocycles. The van der Waals surface area contributed by atoms with Gasteiger partial charge in [-0.25, -0.2) is 17.6 Å². The number of hydrogen-bond donors (Lipinski definition) is 4. The van der Waals surface area contributed by atoms with Crippen LogP contribution in [0.25, 0.3) is 0 Å². The number of anilines is 3. The minimum Gasteiger partial charge on any atom is -0.481 e. The van der Waals surface area contributed by atoms with Crippen molar-refractivity contribution in [1.29, 1.82) is 0 Å². The molecule has 4 N–H and O–H groups in total. The predicted molar refractivity (Wildman–Crippen MR) is 154 cm³/mol. The van der Waals surface area contributed by atoms with E-state index < -0.39 is 52.8 Å². The first kappa shape index (κ1) is 30.3. The fourth-order valence-corrected chi connectivity index (χ4v) is 6.44. The molecule has 2 atom stereocenters. The van der Waals surface area contributed by atoms with E-state index in [1.165, 1.54) is 43.5 Å². The fourth-order valence-electron chi connectivity index (χ4n) is 6.44. The third-order valence-electron chi connectivity index (χ3n) is 8.38. The lowest BCUT2D eigenvalue weighted by atomic mass is 9.70. The molecular formula is C32H33F4N3O4. The van der Waals surface area contributed by atoms with Crippen molar-refractivity contribution in [3.63, 3.8) is 0 Å². The minimum absolute atomic E-state index is 0.0941. The SMILES string of the molecule is COC(c1ccc(F)cc1)C1(C(C(=O)Nc2ccc(CCC(=O)O)cc2F)C2CCCCC2)Nc2cc(F)c(F)cc2N1. The van der Waals surface area contributed by atoms with E-state index in [1.807, 2.05) is 0 Å². The van der Waals surface area contributed by atoms with Crippen LogP contribution in [0.1, 0.15) is 55.8 Å². The van der Waals surface area contributed by atoms with Crippen molar-refractivity contribution in [3.05, 3.63) is 89.0 Å². The van der Waals surface area contributed by atoms with Crippen LogP contribution < -0.4 is 16.0 Å². The molecule has 1 aliphatic heterocycles. The summed E-state index contributed by atoms with van der Waals surface area (Å²) in [6, 6.07) is 11.7. The van der Waals surface area contributed by atoms with E-state index in [9.17, 15) is 22.8 Å². The summed E-state index contributed by atoms with van der Waals surface area (Å²) in [5.41, 5.74) is -0.216. The summed E-state index contributed by atoms with van der Waals surface area (Å²) in [7, 11) is 1.43. The summed E-state index contributed by atoms with van der Waals surface area (Å²) in [4.78, 5) is 25.3. The van der Waals surface area contributed by atoms with Gasteiger partial charge in [0, 0.05) is 25.7 Å². The number of benzene rings is 3. The van der Waals surface area contributed by atoms with Crippen molar-refractivity contribution in [2.75, 3.05) is 23.1 Å². The molecule has 0 spiro atoms. The van der Waals surface area contributed by atoms with Crippen LogP contribution in [0.2, 0.25) is 0 Å². The topological polar surface area (TPSA) is 99.7 Å². The molecule has 43 heavy (non-hydrogen) atoms. The molecule has 1 saturated carbocycles. The Hall–Kier alpha value is -4.12. The number of nitrogens with one attached hydrogen (secondary N) is 3. The number of rotatable bonds is 10. The first-order valence-corrected chi connectivity index (χ1v) is 14.3. The van der Waals surface area contributed by atoms with Crippen LogP contribution in [0, 0.1) is 35.1 Å². The number of ether oxygens (including phenoxy) is 1. The van der Waals surface area contributed by atoms with Crippen LogP contribution >= 0.6 is 0 Å². The van der Waals surface area contributed by atoms with Gasteiger partial charge in [-0.3, -0.25) is 9.59 Å². The minimum atomic E-state index is -1.51. The van der Waals surface area contributed by atoms with Gasteiger partial charge in [0.25, 0.3) is 0 Å². The number of hydrogen-bond acceptors (Lipinski definition) is 5. The van der Waals surface area contributed by atoms with E-state index in [1.54, 1.807) is 6.07 Å². The molecule has 5 rings (SSSR count). The Morgan fingerprint density at radius 1 is 0.930 bits per heavy atom. The number of halogens is 4. The smallest absolute Gasteiger partial charge is 0.303 e. The molecule has 7 nitrogen and oxygen atoms in total. The van der Waals surface area contributed by atoms with Gasteiger partial charge < -0.3 is 25.8 Å². The van der Waals surface area contributed by atoms with Gasteiger partial charge in [0.1, 0.15) is 17.7 Å². The standard InChI is InChI=1S/C32H33F4N3O4/c1-43-30(20-9-11-21(33)12-10-20)32(38-26-16-22(34)23(35)17-27(26)39-32)29(19-5-3-2-4-6-19)31(42)37-25-13-7-18(15-24(25)36)8-14-28(40)41/h7,9-13,15-17,19,29-30,38-39H,2-6,8,14H2,1H3,(H,37,42)(H,40,41). The first-order valence-electron chi connectivity index (χ1n) is 14.3. The molecule has 2 aliphatic rings. The van der Waals surface area contributed by atoms with E-state index >= 15 is 4.39 Å². The van der Waals surface area contributed by atoms with Crippen LogP contribution in [0.5, 0.6) is 0 Å². The lowest BCUT2D eigenvalue weighted by Gasteiger charge is -2.46. The van der Waals surface area contributed by atoms with Gasteiger partial charge in [0.05, 0.1) is 23.0 Å². The average Bonchev–Trinajstić information content (AvgIpc) is 3.33. The molecule has 1 amide bonds. The lowest BCUT2D eigenvalue weighted by molar-refractivity contribution is -0.137. The monoisotopic (exact) mass is 599 g/mol. The number of carbonyl (C=O) groups excluding carboxylic acids is 1. The van der Waals surface area contributed by atoms with Gasteiger partial charge in [-0.1, -0.05) is 37.5 Å². The maximum atomic E-state index is 15.2. The van der Waals surface area contributed by atoms with Gasteiger partial charge in [-0.05, 0) is 60.6 Å². The Kier molecular flexibility index (Phi) is 8.91. The summed E-state index contributed by atoms with van der Waals surface area (Å²) in [6.45, 7) is 0. The number of carboxylic acids is 1. The Morgan fingerprint density at radius 2 is 1.56 bits per heavy atom. The Labute approximate surface area is 246 Å². The summed E-state index contributed by atoms with van der Waals surface area (Å²) < 4.78 is 63.9. The quantitative estimate of drug-likeness (QED) is 0.187. The van der Waals surface area contributed by atoms with Crippen LogP contribution in [0.3, 0.4) is 0 Å². The van der Waals surface area contributed by atoms with E-state index in [0.717, 1.165) is 31.4 Å². The normalized spacial score (nSPS) is 17.3. The molecule has 0 bridgehead atoms. The van der Waals surface area contributed by atoms with E-state index in [2.05, 4.69) is 16.0 Å². The van der Waals surface area contributed by atoms with Gasteiger partial charge in [-0.2, -0.15) is 0 Å². The number of aliphatic carboxylic acids is 1. The number of amides is 1. The summed E-state index contributed by atoms with van der Waals surface area (Å²) >= 11 is 0. The molecule has 2 unspecified atom stereocenters. The van der Waals surface area contributed by atoms with Gasteiger partial charge in [0.2, 0.25) is 5.91 Å².